The van der Waals surface area contributed by atoms with Gasteiger partial charge in [0, 0.05) is 18.4 Å². The molecule has 1 fully saturated rings. The van der Waals surface area contributed by atoms with Crippen molar-refractivity contribution in [2.75, 3.05) is 18.4 Å². The van der Waals surface area contributed by atoms with E-state index in [-0.39, 0.29) is 11.7 Å². The number of nitrogens with zero attached hydrogens (tertiary/aromatic N) is 3. The van der Waals surface area contributed by atoms with Crippen LogP contribution in [0, 0.1) is 0 Å². The molecular formula is C19H24N4O2. The summed E-state index contributed by atoms with van der Waals surface area (Å²) in [5.41, 5.74) is 1.88. The highest BCUT2D eigenvalue weighted by atomic mass is 16.3. The molecule has 2 aromatic rings. The fraction of sp³-hybridized carbons (Fsp3) is 0.421. The van der Waals surface area contributed by atoms with E-state index in [0.29, 0.717) is 23.2 Å². The Bertz CT molecular complexity index is 725. The van der Waals surface area contributed by atoms with Gasteiger partial charge in [0.2, 0.25) is 0 Å². The van der Waals surface area contributed by atoms with Gasteiger partial charge < -0.3 is 15.3 Å². The monoisotopic (exact) mass is 340 g/mol. The second-order valence-electron chi connectivity index (χ2n) is 6.76. The molecule has 2 heterocycles. The van der Waals surface area contributed by atoms with Crippen LogP contribution in [0.4, 0.5) is 5.69 Å². The van der Waals surface area contributed by atoms with Gasteiger partial charge in [-0.15, -0.1) is 0 Å². The maximum atomic E-state index is 12.1. The van der Waals surface area contributed by atoms with Crippen LogP contribution in [0.1, 0.15) is 48.5 Å². The first kappa shape index (κ1) is 17.4. The number of carbonyl (C=O) groups is 1. The summed E-state index contributed by atoms with van der Waals surface area (Å²) in [6, 6.07) is 6.11. The third kappa shape index (κ3) is 4.14. The molecule has 0 aliphatic carbocycles. The minimum Gasteiger partial charge on any atom is -0.506 e. The normalized spacial score (nSPS) is 16.1. The Morgan fingerprint density at radius 1 is 1.24 bits per heavy atom. The van der Waals surface area contributed by atoms with Gasteiger partial charge in [-0.2, -0.15) is 0 Å². The highest BCUT2D eigenvalue weighted by molar-refractivity contribution is 6.04. The van der Waals surface area contributed by atoms with Gasteiger partial charge in [-0.25, -0.2) is 9.97 Å². The molecule has 6 heteroatoms. The number of piperidine rings is 1. The van der Waals surface area contributed by atoms with Gasteiger partial charge in [-0.1, -0.05) is 6.07 Å². The molecule has 2 N–H and O–H groups in total. The first-order valence-electron chi connectivity index (χ1n) is 8.68. The number of hydrogen-bond donors (Lipinski definition) is 2. The van der Waals surface area contributed by atoms with E-state index < -0.39 is 0 Å². The van der Waals surface area contributed by atoms with E-state index in [4.69, 9.17) is 0 Å². The molecule has 1 amide bonds. The lowest BCUT2D eigenvalue weighted by Crippen LogP contribution is -2.37. The van der Waals surface area contributed by atoms with Gasteiger partial charge in [0.25, 0.3) is 5.91 Å². The van der Waals surface area contributed by atoms with Crippen molar-refractivity contribution in [1.82, 2.24) is 14.9 Å². The molecule has 1 aromatic heterocycles. The number of aromatic nitrogens is 2. The molecule has 0 radical (unpaired) electrons. The van der Waals surface area contributed by atoms with E-state index in [9.17, 15) is 9.90 Å². The number of likely N-dealkylation sites (tertiary alicyclic amines) is 1. The smallest absolute Gasteiger partial charge is 0.258 e. The molecule has 0 atom stereocenters. The molecule has 0 spiro atoms. The minimum absolute atomic E-state index is 0.0917. The van der Waals surface area contributed by atoms with E-state index in [1.165, 1.54) is 18.7 Å². The number of hydrogen-bond acceptors (Lipinski definition) is 5. The van der Waals surface area contributed by atoms with Crippen LogP contribution in [-0.4, -0.2) is 45.0 Å². The zero-order valence-electron chi connectivity index (χ0n) is 14.6. The van der Waals surface area contributed by atoms with Gasteiger partial charge in [0.05, 0.1) is 11.3 Å². The molecule has 1 aromatic carbocycles. The number of phenolic OH excluding ortho intramolecular Hbond substituents is 1. The Hall–Kier alpha value is -2.47. The number of rotatable bonds is 4. The third-order valence-electron chi connectivity index (χ3n) is 4.82. The van der Waals surface area contributed by atoms with Gasteiger partial charge in [0.15, 0.2) is 0 Å². The fourth-order valence-corrected chi connectivity index (χ4v) is 3.27. The lowest BCUT2D eigenvalue weighted by molar-refractivity contribution is 0.102. The predicted molar refractivity (Wildman–Crippen MR) is 96.8 cm³/mol. The van der Waals surface area contributed by atoms with E-state index >= 15 is 0 Å². The van der Waals surface area contributed by atoms with E-state index in [2.05, 4.69) is 34.0 Å². The Morgan fingerprint density at radius 2 is 1.92 bits per heavy atom. The lowest BCUT2D eigenvalue weighted by Gasteiger charge is -2.34. The van der Waals surface area contributed by atoms with Crippen LogP contribution in [0.15, 0.2) is 36.9 Å². The Labute approximate surface area is 147 Å². The molecule has 132 valence electrons. The predicted octanol–water partition coefficient (Wildman–Crippen LogP) is 3.02. The largest absolute Gasteiger partial charge is 0.506 e. The van der Waals surface area contributed by atoms with Crippen molar-refractivity contribution in [2.24, 2.45) is 0 Å². The van der Waals surface area contributed by atoms with Gasteiger partial charge in [-0.05, 0) is 63.4 Å². The summed E-state index contributed by atoms with van der Waals surface area (Å²) < 4.78 is 0. The average molecular weight is 340 g/mol. The number of carbonyl (C=O) groups excluding carboxylic acids is 1. The summed E-state index contributed by atoms with van der Waals surface area (Å²) in [5, 5.41) is 13.0. The Balaban J connectivity index is 1.66. The van der Waals surface area contributed by atoms with Crippen molar-refractivity contribution >= 4 is 11.6 Å². The topological polar surface area (TPSA) is 78.4 Å². The van der Waals surface area contributed by atoms with E-state index in [1.54, 1.807) is 12.1 Å². The minimum atomic E-state index is -0.339. The molecule has 3 rings (SSSR count). The molecule has 25 heavy (non-hydrogen) atoms. The van der Waals surface area contributed by atoms with Crippen molar-refractivity contribution in [3.63, 3.8) is 0 Å². The number of phenols is 1. The summed E-state index contributed by atoms with van der Waals surface area (Å²) in [5.74, 6) is 0.205. The van der Waals surface area contributed by atoms with Crippen LogP contribution in [0.5, 0.6) is 5.75 Å². The second-order valence-corrected chi connectivity index (χ2v) is 6.76. The lowest BCUT2D eigenvalue weighted by atomic mass is 9.88. The van der Waals surface area contributed by atoms with Crippen molar-refractivity contribution in [3.8, 4) is 5.75 Å². The zero-order chi connectivity index (χ0) is 17.8. The van der Waals surface area contributed by atoms with Crippen molar-refractivity contribution in [1.29, 1.82) is 0 Å². The van der Waals surface area contributed by atoms with Crippen molar-refractivity contribution in [3.05, 3.63) is 48.0 Å². The molecule has 0 bridgehead atoms. The zero-order valence-corrected chi connectivity index (χ0v) is 14.6. The Kier molecular flexibility index (Phi) is 5.28. The molecular weight excluding hydrogens is 316 g/mol. The first-order valence-corrected chi connectivity index (χ1v) is 8.68. The molecule has 0 saturated carbocycles. The highest BCUT2D eigenvalue weighted by Crippen LogP contribution is 2.33. The number of nitrogens with one attached hydrogen (secondary N) is 1. The summed E-state index contributed by atoms with van der Waals surface area (Å²) >= 11 is 0. The van der Waals surface area contributed by atoms with E-state index in [1.807, 2.05) is 6.07 Å². The summed E-state index contributed by atoms with van der Waals surface area (Å²) in [4.78, 5) is 22.3. The summed E-state index contributed by atoms with van der Waals surface area (Å²) in [7, 11) is 0. The number of amides is 1. The maximum absolute atomic E-state index is 12.1. The SMILES string of the molecule is CC(C)N1CCC(c2ccc(NC(=O)c3cncnc3)c(O)c2)CC1. The van der Waals surface area contributed by atoms with Gasteiger partial charge in [-0.3, -0.25) is 4.79 Å². The van der Waals surface area contributed by atoms with Crippen LogP contribution < -0.4 is 5.32 Å². The summed E-state index contributed by atoms with van der Waals surface area (Å²) in [6.45, 7) is 6.61. The second kappa shape index (κ2) is 7.61. The van der Waals surface area contributed by atoms with Crippen molar-refractivity contribution in [2.45, 2.75) is 38.6 Å². The van der Waals surface area contributed by atoms with E-state index in [0.717, 1.165) is 31.5 Å². The van der Waals surface area contributed by atoms with Gasteiger partial charge in [0.1, 0.15) is 12.1 Å². The standard InChI is InChI=1S/C19H24N4O2/c1-13(2)23-7-5-14(6-8-23)15-3-4-17(18(24)9-15)22-19(25)16-10-20-12-21-11-16/h3-4,9-14,24H,5-8H2,1-2H3,(H,22,25). The molecule has 1 aliphatic heterocycles. The average Bonchev–Trinajstić information content (AvgIpc) is 2.64. The molecule has 0 unspecified atom stereocenters. The molecule has 6 nitrogen and oxygen atoms in total. The maximum Gasteiger partial charge on any atom is 0.258 e. The van der Waals surface area contributed by atoms with Crippen LogP contribution in [0.3, 0.4) is 0 Å². The van der Waals surface area contributed by atoms with Crippen LogP contribution >= 0.6 is 0 Å². The van der Waals surface area contributed by atoms with Crippen LogP contribution in [-0.2, 0) is 0 Å². The number of anilines is 1. The quantitative estimate of drug-likeness (QED) is 0.837. The van der Waals surface area contributed by atoms with Crippen LogP contribution in [0.2, 0.25) is 0 Å². The van der Waals surface area contributed by atoms with Crippen molar-refractivity contribution < 1.29 is 9.90 Å². The third-order valence-corrected chi connectivity index (χ3v) is 4.82. The first-order chi connectivity index (χ1) is 12.0. The molecule has 1 saturated heterocycles. The highest BCUT2D eigenvalue weighted by Gasteiger charge is 2.22. The Morgan fingerprint density at radius 3 is 2.52 bits per heavy atom. The van der Waals surface area contributed by atoms with Gasteiger partial charge >= 0.3 is 0 Å². The summed E-state index contributed by atoms with van der Waals surface area (Å²) in [6.07, 6.45) is 6.43. The van der Waals surface area contributed by atoms with Crippen LogP contribution in [0.25, 0.3) is 0 Å². The fourth-order valence-electron chi connectivity index (χ4n) is 3.27. The number of aromatic hydroxyl groups is 1. The number of benzene rings is 1. The molecule has 1 aliphatic rings.